The predicted molar refractivity (Wildman–Crippen MR) is 128 cm³/mol. The predicted octanol–water partition coefficient (Wildman–Crippen LogP) is 7.22. The fraction of sp³-hybridized carbons (Fsp3) is 0.103. The second-order valence-electron chi connectivity index (χ2n) is 7.85. The fourth-order valence-electron chi connectivity index (χ4n) is 3.43. The number of rotatable bonds is 6. The lowest BCUT2D eigenvalue weighted by atomic mass is 10.0. The average Bonchev–Trinajstić information content (AvgIpc) is 2.84. The molecule has 0 fully saturated rings. The minimum Gasteiger partial charge on any atom is -0.457 e. The molecular formula is C29H22N2O2. The first kappa shape index (κ1) is 21.7. The summed E-state index contributed by atoms with van der Waals surface area (Å²) in [6.45, 7) is 3.81. The summed E-state index contributed by atoms with van der Waals surface area (Å²) in [7, 11) is 0. The van der Waals surface area contributed by atoms with Gasteiger partial charge >= 0.3 is 0 Å². The van der Waals surface area contributed by atoms with Crippen molar-refractivity contribution in [1.82, 2.24) is 0 Å². The standard InChI is InChI=1S/C29H22N2O2/c1-20-3-9-28(16-24(20)18-30)32-26-11-5-22(6-12-26)15-23-7-13-27(14-8-23)33-29-10-4-21(2)25(17-29)19-31/h3-14,16-17H,15H2,1-2H3. The molecule has 0 saturated carbocycles. The first-order valence-electron chi connectivity index (χ1n) is 10.6. The van der Waals surface area contributed by atoms with Gasteiger partial charge in [-0.25, -0.2) is 0 Å². The summed E-state index contributed by atoms with van der Waals surface area (Å²) in [5, 5.41) is 18.4. The molecule has 160 valence electrons. The average molecular weight is 431 g/mol. The highest BCUT2D eigenvalue weighted by molar-refractivity contribution is 5.45. The van der Waals surface area contributed by atoms with E-state index in [4.69, 9.17) is 9.47 Å². The zero-order valence-corrected chi connectivity index (χ0v) is 18.5. The monoisotopic (exact) mass is 430 g/mol. The first-order valence-corrected chi connectivity index (χ1v) is 10.6. The molecule has 0 atom stereocenters. The van der Waals surface area contributed by atoms with Gasteiger partial charge in [0.15, 0.2) is 0 Å². The maximum Gasteiger partial charge on any atom is 0.128 e. The summed E-state index contributed by atoms with van der Waals surface area (Å²) in [5.74, 6) is 2.75. The van der Waals surface area contributed by atoms with E-state index in [1.807, 2.05) is 86.6 Å². The van der Waals surface area contributed by atoms with Crippen LogP contribution in [-0.2, 0) is 6.42 Å². The number of ether oxygens (including phenoxy) is 2. The number of aryl methyl sites for hydroxylation is 2. The van der Waals surface area contributed by atoms with Crippen molar-refractivity contribution in [2.45, 2.75) is 20.3 Å². The molecule has 33 heavy (non-hydrogen) atoms. The van der Waals surface area contributed by atoms with Gasteiger partial charge in [-0.1, -0.05) is 36.4 Å². The van der Waals surface area contributed by atoms with Crippen molar-refractivity contribution in [1.29, 1.82) is 10.5 Å². The molecule has 0 spiro atoms. The van der Waals surface area contributed by atoms with E-state index < -0.39 is 0 Å². The molecule has 4 rings (SSSR count). The van der Waals surface area contributed by atoms with Crippen LogP contribution in [0.3, 0.4) is 0 Å². The van der Waals surface area contributed by atoms with E-state index >= 15 is 0 Å². The van der Waals surface area contributed by atoms with Crippen molar-refractivity contribution < 1.29 is 9.47 Å². The SMILES string of the molecule is Cc1ccc(Oc2ccc(Cc3ccc(Oc4ccc(C)c(C#N)c4)cc3)cc2)cc1C#N. The molecule has 4 nitrogen and oxygen atoms in total. The normalized spacial score (nSPS) is 10.2. The maximum absolute atomic E-state index is 9.18. The van der Waals surface area contributed by atoms with Gasteiger partial charge in [-0.2, -0.15) is 10.5 Å². The van der Waals surface area contributed by atoms with Crippen LogP contribution < -0.4 is 9.47 Å². The molecule has 0 radical (unpaired) electrons. The smallest absolute Gasteiger partial charge is 0.128 e. The molecule has 0 aliphatic rings. The van der Waals surface area contributed by atoms with Crippen LogP contribution in [-0.4, -0.2) is 0 Å². The van der Waals surface area contributed by atoms with Gasteiger partial charge in [0.1, 0.15) is 23.0 Å². The Balaban J connectivity index is 1.38. The third-order valence-corrected chi connectivity index (χ3v) is 5.39. The Bertz CT molecular complexity index is 1250. The molecular weight excluding hydrogens is 408 g/mol. The van der Waals surface area contributed by atoms with Gasteiger partial charge in [-0.15, -0.1) is 0 Å². The highest BCUT2D eigenvalue weighted by Crippen LogP contribution is 2.26. The second kappa shape index (κ2) is 9.73. The Morgan fingerprint density at radius 1 is 0.545 bits per heavy atom. The molecule has 4 aromatic rings. The van der Waals surface area contributed by atoms with E-state index in [1.165, 1.54) is 0 Å². The highest BCUT2D eigenvalue weighted by atomic mass is 16.5. The van der Waals surface area contributed by atoms with E-state index in [0.29, 0.717) is 22.6 Å². The van der Waals surface area contributed by atoms with Gasteiger partial charge in [0.2, 0.25) is 0 Å². The molecule has 0 saturated heterocycles. The lowest BCUT2D eigenvalue weighted by Crippen LogP contribution is -1.91. The Kier molecular flexibility index (Phi) is 6.39. The molecule has 0 aromatic heterocycles. The quantitative estimate of drug-likeness (QED) is 0.324. The Morgan fingerprint density at radius 3 is 1.27 bits per heavy atom. The van der Waals surface area contributed by atoms with Crippen molar-refractivity contribution >= 4 is 0 Å². The Hall–Kier alpha value is -4.54. The zero-order valence-electron chi connectivity index (χ0n) is 18.5. The lowest BCUT2D eigenvalue weighted by molar-refractivity contribution is 0.482. The second-order valence-corrected chi connectivity index (χ2v) is 7.85. The molecule has 0 aliphatic carbocycles. The van der Waals surface area contributed by atoms with E-state index in [9.17, 15) is 10.5 Å². The van der Waals surface area contributed by atoms with Gasteiger partial charge in [-0.3, -0.25) is 0 Å². The molecule has 0 aliphatic heterocycles. The van der Waals surface area contributed by atoms with Gasteiger partial charge in [0.25, 0.3) is 0 Å². The summed E-state index contributed by atoms with van der Waals surface area (Å²) in [6.07, 6.45) is 0.785. The van der Waals surface area contributed by atoms with Crippen LogP contribution in [0, 0.1) is 36.5 Å². The molecule has 0 amide bonds. The third-order valence-electron chi connectivity index (χ3n) is 5.39. The fourth-order valence-corrected chi connectivity index (χ4v) is 3.43. The van der Waals surface area contributed by atoms with Gasteiger partial charge in [0.05, 0.1) is 23.3 Å². The van der Waals surface area contributed by atoms with Crippen molar-refractivity contribution in [3.05, 3.63) is 118 Å². The van der Waals surface area contributed by atoms with Gasteiger partial charge in [0, 0.05) is 0 Å². The largest absolute Gasteiger partial charge is 0.457 e. The van der Waals surface area contributed by atoms with Crippen LogP contribution in [0.15, 0.2) is 84.9 Å². The van der Waals surface area contributed by atoms with E-state index in [2.05, 4.69) is 12.1 Å². The molecule has 0 bridgehead atoms. The number of nitriles is 2. The van der Waals surface area contributed by atoms with Crippen molar-refractivity contribution in [2.75, 3.05) is 0 Å². The minimum absolute atomic E-state index is 0.615. The van der Waals surface area contributed by atoms with Crippen LogP contribution in [0.2, 0.25) is 0 Å². The van der Waals surface area contributed by atoms with Gasteiger partial charge < -0.3 is 9.47 Å². The molecule has 0 unspecified atom stereocenters. The summed E-state index contributed by atoms with van der Waals surface area (Å²) < 4.78 is 11.8. The summed E-state index contributed by atoms with van der Waals surface area (Å²) in [4.78, 5) is 0. The van der Waals surface area contributed by atoms with Crippen molar-refractivity contribution in [3.63, 3.8) is 0 Å². The summed E-state index contributed by atoms with van der Waals surface area (Å²) >= 11 is 0. The Labute approximate surface area is 193 Å². The Morgan fingerprint density at radius 2 is 0.909 bits per heavy atom. The van der Waals surface area contributed by atoms with Crippen LogP contribution >= 0.6 is 0 Å². The van der Waals surface area contributed by atoms with Crippen molar-refractivity contribution in [2.24, 2.45) is 0 Å². The molecule has 0 N–H and O–H groups in total. The van der Waals surface area contributed by atoms with E-state index in [-0.39, 0.29) is 0 Å². The van der Waals surface area contributed by atoms with Crippen LogP contribution in [0.5, 0.6) is 23.0 Å². The first-order chi connectivity index (χ1) is 16.0. The summed E-state index contributed by atoms with van der Waals surface area (Å²) in [6, 6.07) is 31.3. The number of nitrogens with zero attached hydrogens (tertiary/aromatic N) is 2. The number of hydrogen-bond acceptors (Lipinski definition) is 4. The minimum atomic E-state index is 0.615. The topological polar surface area (TPSA) is 66.0 Å². The zero-order chi connectivity index (χ0) is 23.2. The number of hydrogen-bond donors (Lipinski definition) is 0. The van der Waals surface area contributed by atoms with Crippen molar-refractivity contribution in [3.8, 4) is 35.1 Å². The van der Waals surface area contributed by atoms with Crippen LogP contribution in [0.25, 0.3) is 0 Å². The van der Waals surface area contributed by atoms with Gasteiger partial charge in [-0.05, 0) is 91.1 Å². The lowest BCUT2D eigenvalue weighted by Gasteiger charge is -2.09. The van der Waals surface area contributed by atoms with E-state index in [1.54, 1.807) is 12.1 Å². The molecule has 0 heterocycles. The third kappa shape index (κ3) is 5.39. The van der Waals surface area contributed by atoms with E-state index in [0.717, 1.165) is 40.2 Å². The summed E-state index contributed by atoms with van der Waals surface area (Å²) in [5.41, 5.74) is 5.42. The van der Waals surface area contributed by atoms with Crippen LogP contribution in [0.1, 0.15) is 33.4 Å². The van der Waals surface area contributed by atoms with Crippen LogP contribution in [0.4, 0.5) is 0 Å². The highest BCUT2D eigenvalue weighted by Gasteiger charge is 2.05. The number of benzene rings is 4. The molecule has 4 heteroatoms. The molecule has 4 aromatic carbocycles. The maximum atomic E-state index is 9.18.